The van der Waals surface area contributed by atoms with Gasteiger partial charge in [-0.3, -0.25) is 9.67 Å². The first kappa shape index (κ1) is 11.8. The van der Waals surface area contributed by atoms with E-state index in [0.29, 0.717) is 0 Å². The molecule has 0 radical (unpaired) electrons. The lowest BCUT2D eigenvalue weighted by Crippen LogP contribution is -2.18. The predicted molar refractivity (Wildman–Crippen MR) is 67.6 cm³/mol. The van der Waals surface area contributed by atoms with Crippen LogP contribution >= 0.6 is 0 Å². The third-order valence-corrected chi connectivity index (χ3v) is 2.97. The summed E-state index contributed by atoms with van der Waals surface area (Å²) in [4.78, 5) is 4.45. The quantitative estimate of drug-likeness (QED) is 0.877. The highest BCUT2D eigenvalue weighted by atomic mass is 15.3. The van der Waals surface area contributed by atoms with Crippen LogP contribution in [0.25, 0.3) is 0 Å². The minimum Gasteiger partial charge on any atom is -0.319 e. The molecule has 17 heavy (non-hydrogen) atoms. The summed E-state index contributed by atoms with van der Waals surface area (Å²) in [7, 11) is 0. The van der Waals surface area contributed by atoms with E-state index in [4.69, 9.17) is 5.73 Å². The molecular weight excluding hydrogens is 212 g/mol. The standard InChI is InChI=1S/C13H18N4/c1-4-17-12(7-8-15-17)13(14)11-6-5-9(2)16-10(11)3/h5-8,13H,4,14H2,1-3H3. The monoisotopic (exact) mass is 230 g/mol. The first-order valence-electron chi connectivity index (χ1n) is 5.85. The molecule has 2 heterocycles. The maximum Gasteiger partial charge on any atom is 0.0740 e. The Morgan fingerprint density at radius 3 is 2.71 bits per heavy atom. The summed E-state index contributed by atoms with van der Waals surface area (Å²) in [5.74, 6) is 0. The maximum absolute atomic E-state index is 6.29. The highest BCUT2D eigenvalue weighted by Crippen LogP contribution is 2.21. The van der Waals surface area contributed by atoms with Gasteiger partial charge in [0.25, 0.3) is 0 Å². The van der Waals surface area contributed by atoms with Gasteiger partial charge in [-0.25, -0.2) is 0 Å². The fourth-order valence-corrected chi connectivity index (χ4v) is 2.06. The molecule has 2 aromatic heterocycles. The molecule has 0 aliphatic carbocycles. The summed E-state index contributed by atoms with van der Waals surface area (Å²) >= 11 is 0. The molecule has 2 rings (SSSR count). The number of rotatable bonds is 3. The number of hydrogen-bond donors (Lipinski definition) is 1. The molecule has 4 nitrogen and oxygen atoms in total. The van der Waals surface area contributed by atoms with Crippen molar-refractivity contribution in [3.63, 3.8) is 0 Å². The van der Waals surface area contributed by atoms with E-state index < -0.39 is 0 Å². The molecular formula is C13H18N4. The van der Waals surface area contributed by atoms with E-state index in [-0.39, 0.29) is 6.04 Å². The normalized spacial score (nSPS) is 12.7. The molecule has 0 aliphatic rings. The summed E-state index contributed by atoms with van der Waals surface area (Å²) < 4.78 is 1.92. The SMILES string of the molecule is CCn1nccc1C(N)c1ccc(C)nc1C. The van der Waals surface area contributed by atoms with Crippen LogP contribution in [0.3, 0.4) is 0 Å². The molecule has 0 aliphatic heterocycles. The Kier molecular flexibility index (Phi) is 3.24. The first-order valence-corrected chi connectivity index (χ1v) is 5.85. The van der Waals surface area contributed by atoms with Crippen molar-refractivity contribution in [2.75, 3.05) is 0 Å². The Morgan fingerprint density at radius 1 is 1.29 bits per heavy atom. The minimum atomic E-state index is -0.162. The van der Waals surface area contributed by atoms with Crippen LogP contribution in [0.15, 0.2) is 24.4 Å². The van der Waals surface area contributed by atoms with E-state index in [1.165, 1.54) is 0 Å². The lowest BCUT2D eigenvalue weighted by atomic mass is 10.0. The fourth-order valence-electron chi connectivity index (χ4n) is 2.06. The van der Waals surface area contributed by atoms with Gasteiger partial charge < -0.3 is 5.73 Å². The van der Waals surface area contributed by atoms with Gasteiger partial charge in [-0.1, -0.05) is 6.07 Å². The van der Waals surface area contributed by atoms with Crippen LogP contribution < -0.4 is 5.73 Å². The molecule has 0 bridgehead atoms. The third kappa shape index (κ3) is 2.22. The summed E-state index contributed by atoms with van der Waals surface area (Å²) in [5, 5.41) is 4.24. The Morgan fingerprint density at radius 2 is 2.06 bits per heavy atom. The molecule has 0 saturated heterocycles. The van der Waals surface area contributed by atoms with Gasteiger partial charge in [0, 0.05) is 24.1 Å². The van der Waals surface area contributed by atoms with Crippen molar-refractivity contribution in [3.05, 3.63) is 47.0 Å². The van der Waals surface area contributed by atoms with E-state index in [2.05, 4.69) is 23.1 Å². The van der Waals surface area contributed by atoms with Crippen molar-refractivity contribution >= 4 is 0 Å². The predicted octanol–water partition coefficient (Wildman–Crippen LogP) is 1.96. The molecule has 0 spiro atoms. The van der Waals surface area contributed by atoms with Crippen molar-refractivity contribution in [3.8, 4) is 0 Å². The van der Waals surface area contributed by atoms with Gasteiger partial charge in [-0.15, -0.1) is 0 Å². The fraction of sp³-hybridized carbons (Fsp3) is 0.385. The smallest absolute Gasteiger partial charge is 0.0740 e. The van der Waals surface area contributed by atoms with E-state index in [1.807, 2.05) is 30.7 Å². The van der Waals surface area contributed by atoms with Crippen molar-refractivity contribution in [2.45, 2.75) is 33.4 Å². The number of nitrogens with zero attached hydrogens (tertiary/aromatic N) is 3. The van der Waals surface area contributed by atoms with Crippen molar-refractivity contribution in [1.29, 1.82) is 0 Å². The number of pyridine rings is 1. The number of hydrogen-bond acceptors (Lipinski definition) is 3. The van der Waals surface area contributed by atoms with E-state index in [9.17, 15) is 0 Å². The molecule has 0 amide bonds. The van der Waals surface area contributed by atoms with Crippen LogP contribution in [0.5, 0.6) is 0 Å². The Labute approximate surface area is 101 Å². The summed E-state index contributed by atoms with van der Waals surface area (Å²) in [6.07, 6.45) is 1.79. The Bertz CT molecular complexity index is 516. The van der Waals surface area contributed by atoms with Crippen LogP contribution in [-0.2, 0) is 6.54 Å². The highest BCUT2D eigenvalue weighted by molar-refractivity contribution is 5.31. The number of aryl methyl sites for hydroxylation is 3. The van der Waals surface area contributed by atoms with E-state index >= 15 is 0 Å². The summed E-state index contributed by atoms with van der Waals surface area (Å²) in [5.41, 5.74) is 10.4. The Balaban J connectivity index is 2.40. The molecule has 2 N–H and O–H groups in total. The number of aromatic nitrogens is 3. The second-order valence-corrected chi connectivity index (χ2v) is 4.18. The van der Waals surface area contributed by atoms with Gasteiger partial charge in [0.2, 0.25) is 0 Å². The van der Waals surface area contributed by atoms with Crippen LogP contribution in [-0.4, -0.2) is 14.8 Å². The average Bonchev–Trinajstić information content (AvgIpc) is 2.76. The second-order valence-electron chi connectivity index (χ2n) is 4.18. The third-order valence-electron chi connectivity index (χ3n) is 2.97. The van der Waals surface area contributed by atoms with Crippen LogP contribution in [0.4, 0.5) is 0 Å². The molecule has 4 heteroatoms. The average molecular weight is 230 g/mol. The van der Waals surface area contributed by atoms with E-state index in [0.717, 1.165) is 29.2 Å². The molecule has 0 saturated carbocycles. The largest absolute Gasteiger partial charge is 0.319 e. The van der Waals surface area contributed by atoms with Gasteiger partial charge >= 0.3 is 0 Å². The molecule has 2 aromatic rings. The topological polar surface area (TPSA) is 56.7 Å². The Hall–Kier alpha value is -1.68. The summed E-state index contributed by atoms with van der Waals surface area (Å²) in [6.45, 7) is 6.87. The lowest BCUT2D eigenvalue weighted by molar-refractivity contribution is 0.599. The zero-order chi connectivity index (χ0) is 12.4. The number of nitrogens with two attached hydrogens (primary N) is 1. The van der Waals surface area contributed by atoms with Crippen molar-refractivity contribution in [2.24, 2.45) is 5.73 Å². The second kappa shape index (κ2) is 4.67. The van der Waals surface area contributed by atoms with Gasteiger partial charge in [0.15, 0.2) is 0 Å². The lowest BCUT2D eigenvalue weighted by Gasteiger charge is -2.15. The first-order chi connectivity index (χ1) is 8.13. The van der Waals surface area contributed by atoms with Crippen LogP contribution in [0, 0.1) is 13.8 Å². The minimum absolute atomic E-state index is 0.162. The molecule has 1 atom stereocenters. The molecule has 0 fully saturated rings. The van der Waals surface area contributed by atoms with E-state index in [1.54, 1.807) is 6.20 Å². The zero-order valence-electron chi connectivity index (χ0n) is 10.5. The highest BCUT2D eigenvalue weighted by Gasteiger charge is 2.15. The zero-order valence-corrected chi connectivity index (χ0v) is 10.5. The molecule has 90 valence electrons. The van der Waals surface area contributed by atoms with Crippen LogP contribution in [0.2, 0.25) is 0 Å². The molecule has 0 aromatic carbocycles. The van der Waals surface area contributed by atoms with Gasteiger partial charge in [0.1, 0.15) is 0 Å². The summed E-state index contributed by atoms with van der Waals surface area (Å²) in [6, 6.07) is 5.85. The van der Waals surface area contributed by atoms with Gasteiger partial charge in [-0.05, 0) is 38.5 Å². The van der Waals surface area contributed by atoms with Crippen molar-refractivity contribution < 1.29 is 0 Å². The van der Waals surface area contributed by atoms with Crippen molar-refractivity contribution in [1.82, 2.24) is 14.8 Å². The van der Waals surface area contributed by atoms with Gasteiger partial charge in [-0.2, -0.15) is 5.10 Å². The maximum atomic E-state index is 6.29. The van der Waals surface area contributed by atoms with Crippen LogP contribution in [0.1, 0.15) is 35.6 Å². The van der Waals surface area contributed by atoms with Gasteiger partial charge in [0.05, 0.1) is 11.7 Å². The molecule has 1 unspecified atom stereocenters.